The van der Waals surface area contributed by atoms with Gasteiger partial charge in [-0.2, -0.15) is 5.10 Å². The highest BCUT2D eigenvalue weighted by Crippen LogP contribution is 2.27. The smallest absolute Gasteiger partial charge is 0.338 e. The van der Waals surface area contributed by atoms with Crippen molar-refractivity contribution >= 4 is 41.3 Å². The number of carbonyl (C=O) groups excluding carboxylic acids is 4. The van der Waals surface area contributed by atoms with E-state index >= 15 is 0 Å². The third kappa shape index (κ3) is 9.58. The van der Waals surface area contributed by atoms with Crippen LogP contribution in [0.2, 0.25) is 0 Å². The van der Waals surface area contributed by atoms with Gasteiger partial charge in [-0.3, -0.25) is 14.4 Å². The zero-order chi connectivity index (χ0) is 32.1. The van der Waals surface area contributed by atoms with Gasteiger partial charge in [0, 0.05) is 11.4 Å². The topological polar surface area (TPSA) is 154 Å². The second-order valence-electron chi connectivity index (χ2n) is 9.72. The number of nitrogens with zero attached hydrogens (tertiary/aromatic N) is 1. The van der Waals surface area contributed by atoms with Crippen molar-refractivity contribution in [2.75, 3.05) is 38.1 Å². The molecule has 0 aliphatic heterocycles. The zero-order valence-electron chi connectivity index (χ0n) is 25.2. The molecule has 0 saturated carbocycles. The Morgan fingerprint density at radius 3 is 2.09 bits per heavy atom. The number of hydrogen-bond donors (Lipinski definition) is 3. The van der Waals surface area contributed by atoms with Gasteiger partial charge in [0.15, 0.2) is 18.1 Å². The Labute approximate surface area is 255 Å². The van der Waals surface area contributed by atoms with E-state index in [1.807, 2.05) is 0 Å². The fourth-order valence-electron chi connectivity index (χ4n) is 3.99. The molecule has 12 heteroatoms. The van der Waals surface area contributed by atoms with Gasteiger partial charge in [0.25, 0.3) is 11.8 Å². The van der Waals surface area contributed by atoms with E-state index in [1.165, 1.54) is 13.3 Å². The molecule has 0 fully saturated rings. The Morgan fingerprint density at radius 1 is 0.818 bits per heavy atom. The number of carbonyl (C=O) groups is 4. The van der Waals surface area contributed by atoms with Crippen LogP contribution in [0.5, 0.6) is 17.2 Å². The summed E-state index contributed by atoms with van der Waals surface area (Å²) in [7, 11) is 3.00. The van der Waals surface area contributed by atoms with E-state index in [-0.39, 0.29) is 19.1 Å². The van der Waals surface area contributed by atoms with Crippen molar-refractivity contribution in [1.29, 1.82) is 0 Å². The fraction of sp³-hybridized carbons (Fsp3) is 0.281. The predicted molar refractivity (Wildman–Crippen MR) is 165 cm³/mol. The van der Waals surface area contributed by atoms with Gasteiger partial charge >= 0.3 is 5.97 Å². The lowest BCUT2D eigenvalue weighted by molar-refractivity contribution is -0.134. The second kappa shape index (κ2) is 16.3. The largest absolute Gasteiger partial charge is 0.497 e. The summed E-state index contributed by atoms with van der Waals surface area (Å²) in [6.45, 7) is 5.24. The van der Waals surface area contributed by atoms with Crippen molar-refractivity contribution in [1.82, 2.24) is 5.43 Å². The minimum Gasteiger partial charge on any atom is -0.497 e. The number of hydrazone groups is 1. The van der Waals surface area contributed by atoms with Gasteiger partial charge in [-0.15, -0.1) is 0 Å². The Kier molecular flexibility index (Phi) is 12.3. The molecule has 3 aromatic rings. The van der Waals surface area contributed by atoms with Crippen molar-refractivity contribution < 1.29 is 38.1 Å². The van der Waals surface area contributed by atoms with Crippen LogP contribution in [0.3, 0.4) is 0 Å². The number of rotatable bonds is 14. The first-order valence-corrected chi connectivity index (χ1v) is 13.8. The molecule has 1 atom stereocenters. The van der Waals surface area contributed by atoms with Gasteiger partial charge < -0.3 is 29.6 Å². The molecular formula is C32H36N4O8. The number of hydrogen-bond acceptors (Lipinski definition) is 9. The van der Waals surface area contributed by atoms with Gasteiger partial charge in [-0.1, -0.05) is 13.8 Å². The standard InChI is InChI=1S/C32H36N4O8/c1-6-43-32(40)22-8-10-23(11-9-22)34-28(37)19-44-26-16-7-21(17-27(26)42-5)18-33-36-31(39)29(20(2)3)30(38)35-24-12-14-25(41-4)15-13-24/h7-18,20,29H,6,19H2,1-5H3,(H,34,37)(H,35,38)(H,36,39). The van der Waals surface area contributed by atoms with Crippen molar-refractivity contribution in [2.24, 2.45) is 16.9 Å². The molecule has 1 unspecified atom stereocenters. The molecule has 232 valence electrons. The lowest BCUT2D eigenvalue weighted by Gasteiger charge is -2.18. The van der Waals surface area contributed by atoms with Gasteiger partial charge in [0.2, 0.25) is 5.91 Å². The van der Waals surface area contributed by atoms with Crippen LogP contribution in [0, 0.1) is 11.8 Å². The molecule has 0 aliphatic carbocycles. The van der Waals surface area contributed by atoms with E-state index in [2.05, 4.69) is 21.2 Å². The quantitative estimate of drug-likeness (QED) is 0.107. The normalized spacial score (nSPS) is 11.4. The molecule has 0 spiro atoms. The van der Waals surface area contributed by atoms with Gasteiger partial charge in [0.1, 0.15) is 11.7 Å². The van der Waals surface area contributed by atoms with E-state index in [0.717, 1.165) is 0 Å². The number of benzene rings is 3. The highest BCUT2D eigenvalue weighted by molar-refractivity contribution is 6.06. The predicted octanol–water partition coefficient (Wildman–Crippen LogP) is 4.26. The molecule has 0 heterocycles. The molecule has 12 nitrogen and oxygen atoms in total. The van der Waals surface area contributed by atoms with Crippen molar-refractivity contribution in [2.45, 2.75) is 20.8 Å². The monoisotopic (exact) mass is 604 g/mol. The molecule has 0 bridgehead atoms. The van der Waals surface area contributed by atoms with E-state index in [4.69, 9.17) is 18.9 Å². The van der Waals surface area contributed by atoms with Crippen LogP contribution in [0.1, 0.15) is 36.7 Å². The first kappa shape index (κ1) is 33.1. The average Bonchev–Trinajstić information content (AvgIpc) is 3.01. The summed E-state index contributed by atoms with van der Waals surface area (Å²) >= 11 is 0. The van der Waals surface area contributed by atoms with Gasteiger partial charge in [0.05, 0.1) is 32.6 Å². The summed E-state index contributed by atoms with van der Waals surface area (Å²) in [6.07, 6.45) is 1.40. The lowest BCUT2D eigenvalue weighted by Crippen LogP contribution is -2.39. The summed E-state index contributed by atoms with van der Waals surface area (Å²) in [6, 6.07) is 18.0. The summed E-state index contributed by atoms with van der Waals surface area (Å²) in [4.78, 5) is 49.8. The van der Waals surface area contributed by atoms with Crippen molar-refractivity contribution in [3.8, 4) is 17.2 Å². The van der Waals surface area contributed by atoms with Crippen LogP contribution in [0.4, 0.5) is 11.4 Å². The molecule has 0 aromatic heterocycles. The maximum absolute atomic E-state index is 12.8. The SMILES string of the molecule is CCOC(=O)c1ccc(NC(=O)COc2ccc(C=NNC(=O)C(C(=O)Nc3ccc(OC)cc3)C(C)C)cc2OC)cc1. The summed E-state index contributed by atoms with van der Waals surface area (Å²) < 4.78 is 21.1. The summed E-state index contributed by atoms with van der Waals surface area (Å²) in [5.74, 6) is -1.85. The fourth-order valence-corrected chi connectivity index (χ4v) is 3.99. The Balaban J connectivity index is 1.55. The highest BCUT2D eigenvalue weighted by atomic mass is 16.5. The van der Waals surface area contributed by atoms with Crippen LogP contribution < -0.4 is 30.3 Å². The van der Waals surface area contributed by atoms with Crippen molar-refractivity contribution in [3.63, 3.8) is 0 Å². The first-order valence-electron chi connectivity index (χ1n) is 13.8. The van der Waals surface area contributed by atoms with Gasteiger partial charge in [-0.05, 0) is 85.1 Å². The molecular weight excluding hydrogens is 568 g/mol. The third-order valence-corrected chi connectivity index (χ3v) is 6.20. The highest BCUT2D eigenvalue weighted by Gasteiger charge is 2.30. The molecule has 3 N–H and O–H groups in total. The summed E-state index contributed by atoms with van der Waals surface area (Å²) in [5, 5.41) is 9.43. The Hall–Kier alpha value is -5.39. The number of nitrogens with one attached hydrogen (secondary N) is 3. The van der Waals surface area contributed by atoms with Crippen LogP contribution >= 0.6 is 0 Å². The van der Waals surface area contributed by atoms with Crippen LogP contribution in [-0.2, 0) is 19.1 Å². The number of ether oxygens (including phenoxy) is 4. The summed E-state index contributed by atoms with van der Waals surface area (Å²) in [5.41, 5.74) is 4.41. The van der Waals surface area contributed by atoms with E-state index in [9.17, 15) is 19.2 Å². The minimum atomic E-state index is -0.985. The molecule has 0 saturated heterocycles. The van der Waals surface area contributed by atoms with E-state index in [1.54, 1.807) is 94.6 Å². The maximum atomic E-state index is 12.8. The molecule has 3 aromatic carbocycles. The number of anilines is 2. The molecule has 3 amide bonds. The Bertz CT molecular complexity index is 1470. The number of esters is 1. The van der Waals surface area contributed by atoms with Crippen LogP contribution in [0.25, 0.3) is 0 Å². The molecule has 44 heavy (non-hydrogen) atoms. The van der Waals surface area contributed by atoms with Crippen LogP contribution in [0.15, 0.2) is 71.8 Å². The average molecular weight is 605 g/mol. The number of amides is 3. The van der Waals surface area contributed by atoms with Gasteiger partial charge in [-0.25, -0.2) is 10.2 Å². The van der Waals surface area contributed by atoms with E-state index < -0.39 is 29.6 Å². The van der Waals surface area contributed by atoms with Crippen LogP contribution in [-0.4, -0.2) is 57.3 Å². The zero-order valence-corrected chi connectivity index (χ0v) is 25.2. The molecule has 0 aliphatic rings. The molecule has 3 rings (SSSR count). The Morgan fingerprint density at radius 2 is 1.48 bits per heavy atom. The number of methoxy groups -OCH3 is 2. The second-order valence-corrected chi connectivity index (χ2v) is 9.72. The van der Waals surface area contributed by atoms with E-state index in [0.29, 0.717) is 39.8 Å². The minimum absolute atomic E-state index is 0.272. The molecule has 0 radical (unpaired) electrons. The first-order chi connectivity index (χ1) is 21.1. The lowest BCUT2D eigenvalue weighted by atomic mass is 9.94. The maximum Gasteiger partial charge on any atom is 0.338 e. The van der Waals surface area contributed by atoms with Crippen molar-refractivity contribution in [3.05, 3.63) is 77.9 Å². The third-order valence-electron chi connectivity index (χ3n) is 6.20.